The Hall–Kier alpha value is -2.26. The lowest BCUT2D eigenvalue weighted by molar-refractivity contribution is -0.155. The molecule has 1 aromatic carbocycles. The van der Waals surface area contributed by atoms with E-state index in [0.717, 1.165) is 23.1 Å². The molecule has 1 aliphatic heterocycles. The maximum absolute atomic E-state index is 12.1. The first-order chi connectivity index (χ1) is 11.3. The first-order valence-corrected chi connectivity index (χ1v) is 8.74. The number of rotatable bonds is 4. The van der Waals surface area contributed by atoms with Gasteiger partial charge in [-0.25, -0.2) is 0 Å². The number of H-pyrrole nitrogens is 1. The highest BCUT2D eigenvalue weighted by atomic mass is 32.2. The van der Waals surface area contributed by atoms with Crippen molar-refractivity contribution in [2.24, 2.45) is 5.41 Å². The summed E-state index contributed by atoms with van der Waals surface area (Å²) in [6.07, 6.45) is -0.611. The molecule has 0 saturated carbocycles. The molecule has 0 unspecified atom stereocenters. The first-order valence-electron chi connectivity index (χ1n) is 6.94. The number of para-hydroxylation sites is 1. The van der Waals surface area contributed by atoms with E-state index in [-0.39, 0.29) is 16.4 Å². The molecule has 1 aliphatic rings. The van der Waals surface area contributed by atoms with E-state index in [1.807, 2.05) is 0 Å². The van der Waals surface area contributed by atoms with Crippen LogP contribution in [0.1, 0.15) is 22.8 Å². The maximum Gasteiger partial charge on any atom is 0.312 e. The Morgan fingerprint density at radius 1 is 1.29 bits per heavy atom. The van der Waals surface area contributed by atoms with Crippen molar-refractivity contribution in [1.82, 2.24) is 4.98 Å². The molecule has 1 aromatic heterocycles. The lowest BCUT2D eigenvalue weighted by Crippen LogP contribution is -2.44. The molecule has 2 heterocycles. The zero-order valence-electron chi connectivity index (χ0n) is 12.2. The largest absolute Gasteiger partial charge is 0.508 e. The lowest BCUT2D eigenvalue weighted by atomic mass is 9.70. The van der Waals surface area contributed by atoms with E-state index in [1.165, 1.54) is 6.07 Å². The van der Waals surface area contributed by atoms with Crippen molar-refractivity contribution in [1.29, 1.82) is 0 Å². The number of aliphatic carboxylic acids is 2. The Balaban J connectivity index is 2.29. The fourth-order valence-corrected chi connectivity index (χ4v) is 5.57. The third-order valence-electron chi connectivity index (χ3n) is 4.07. The topological polar surface area (TPSA) is 128 Å². The molecule has 7 nitrogen and oxygen atoms in total. The third-order valence-corrected chi connectivity index (χ3v) is 6.42. The second-order valence-corrected chi connectivity index (χ2v) is 7.52. The number of aromatic hydroxyl groups is 1. The van der Waals surface area contributed by atoms with E-state index in [0.29, 0.717) is 15.5 Å². The number of hydrogen-bond donors (Lipinski definition) is 4. The number of carbonyl (C=O) groups is 2. The lowest BCUT2D eigenvalue weighted by Gasteiger charge is -2.39. The number of phenolic OH excluding ortho intramolecular Hbond substituents is 1. The molecule has 24 heavy (non-hydrogen) atoms. The third kappa shape index (κ3) is 2.59. The molecule has 2 aromatic rings. The highest BCUT2D eigenvalue weighted by Gasteiger charge is 2.53. The fourth-order valence-electron chi connectivity index (χ4n) is 3.01. The summed E-state index contributed by atoms with van der Waals surface area (Å²) in [4.78, 5) is 37.9. The van der Waals surface area contributed by atoms with E-state index >= 15 is 0 Å². The smallest absolute Gasteiger partial charge is 0.312 e. The summed E-state index contributed by atoms with van der Waals surface area (Å²) in [7, 11) is 0. The molecular formula is C15H13NO6S2. The van der Waals surface area contributed by atoms with Gasteiger partial charge in [-0.05, 0) is 6.07 Å². The Morgan fingerprint density at radius 3 is 2.62 bits per heavy atom. The van der Waals surface area contributed by atoms with Crippen molar-refractivity contribution in [3.63, 3.8) is 0 Å². The summed E-state index contributed by atoms with van der Waals surface area (Å²) < 4.78 is 0. The molecule has 0 amide bonds. The van der Waals surface area contributed by atoms with E-state index < -0.39 is 29.7 Å². The second kappa shape index (κ2) is 5.99. The van der Waals surface area contributed by atoms with Gasteiger partial charge in [0, 0.05) is 22.1 Å². The minimum absolute atomic E-state index is 0.0205. The van der Waals surface area contributed by atoms with Crippen molar-refractivity contribution >= 4 is 35.0 Å². The van der Waals surface area contributed by atoms with Crippen LogP contribution in [-0.2, 0) is 9.59 Å². The molecule has 9 heteroatoms. The number of thioether (sulfide) groups is 1. The maximum atomic E-state index is 12.1. The van der Waals surface area contributed by atoms with Gasteiger partial charge in [-0.15, -0.1) is 11.8 Å². The summed E-state index contributed by atoms with van der Waals surface area (Å²) in [5.74, 6) is -3.58. The standard InChI is InChI=1S/C15H13NO6S2/c17-8-4-2-1-3-7(8)10-11-12(16-14(22)24-11)23-6-15(10,13(20)21)5-9(18)19/h1-4,10,17H,5-6H2,(H,16,22)(H,18,19)(H,20,21)/t10-,15-/m0/s1. The summed E-state index contributed by atoms with van der Waals surface area (Å²) in [5.41, 5.74) is -1.36. The Labute approximate surface area is 144 Å². The summed E-state index contributed by atoms with van der Waals surface area (Å²) in [6, 6.07) is 6.21. The average Bonchev–Trinajstić information content (AvgIpc) is 2.87. The van der Waals surface area contributed by atoms with Crippen LogP contribution in [0.4, 0.5) is 0 Å². The van der Waals surface area contributed by atoms with Crippen LogP contribution in [0.5, 0.6) is 5.75 Å². The van der Waals surface area contributed by atoms with Crippen LogP contribution in [0, 0.1) is 5.41 Å². The van der Waals surface area contributed by atoms with Crippen molar-refractivity contribution in [2.45, 2.75) is 17.4 Å². The predicted molar refractivity (Wildman–Crippen MR) is 87.9 cm³/mol. The Morgan fingerprint density at radius 2 is 2.00 bits per heavy atom. The van der Waals surface area contributed by atoms with Gasteiger partial charge >= 0.3 is 16.8 Å². The fraction of sp³-hybridized carbons (Fsp3) is 0.267. The van der Waals surface area contributed by atoms with Gasteiger partial charge < -0.3 is 20.3 Å². The molecule has 0 spiro atoms. The van der Waals surface area contributed by atoms with Crippen LogP contribution in [0.2, 0.25) is 0 Å². The van der Waals surface area contributed by atoms with E-state index in [9.17, 15) is 29.7 Å². The van der Waals surface area contributed by atoms with Gasteiger partial charge in [0.05, 0.1) is 16.9 Å². The highest BCUT2D eigenvalue weighted by molar-refractivity contribution is 7.99. The molecule has 2 atom stereocenters. The van der Waals surface area contributed by atoms with Crippen molar-refractivity contribution < 1.29 is 24.9 Å². The van der Waals surface area contributed by atoms with Gasteiger partial charge in [-0.1, -0.05) is 29.5 Å². The predicted octanol–water partition coefficient (Wildman–Crippen LogP) is 1.93. The molecule has 0 bridgehead atoms. The molecule has 4 N–H and O–H groups in total. The molecule has 0 aliphatic carbocycles. The molecular weight excluding hydrogens is 354 g/mol. The van der Waals surface area contributed by atoms with Gasteiger partial charge in [0.25, 0.3) is 0 Å². The zero-order valence-corrected chi connectivity index (χ0v) is 13.8. The van der Waals surface area contributed by atoms with Crippen LogP contribution in [0.3, 0.4) is 0 Å². The van der Waals surface area contributed by atoms with Crippen LogP contribution in [0.25, 0.3) is 0 Å². The van der Waals surface area contributed by atoms with Crippen molar-refractivity contribution in [2.75, 3.05) is 5.75 Å². The molecule has 0 saturated heterocycles. The number of thiazole rings is 1. The van der Waals surface area contributed by atoms with Crippen LogP contribution in [0.15, 0.2) is 34.1 Å². The normalized spacial score (nSPS) is 22.8. The van der Waals surface area contributed by atoms with E-state index in [1.54, 1.807) is 18.2 Å². The van der Waals surface area contributed by atoms with Gasteiger partial charge in [-0.3, -0.25) is 14.4 Å². The molecule has 126 valence electrons. The van der Waals surface area contributed by atoms with Gasteiger partial charge in [0.1, 0.15) is 5.75 Å². The number of nitrogens with one attached hydrogen (secondary N) is 1. The number of aromatic amines is 1. The van der Waals surface area contributed by atoms with Gasteiger partial charge in [0.2, 0.25) is 0 Å². The number of aromatic nitrogens is 1. The van der Waals surface area contributed by atoms with E-state index in [2.05, 4.69) is 4.98 Å². The molecule has 0 radical (unpaired) electrons. The van der Waals surface area contributed by atoms with Gasteiger partial charge in [-0.2, -0.15) is 0 Å². The van der Waals surface area contributed by atoms with Crippen LogP contribution < -0.4 is 4.87 Å². The minimum Gasteiger partial charge on any atom is -0.508 e. The zero-order chi connectivity index (χ0) is 17.5. The number of benzene rings is 1. The monoisotopic (exact) mass is 367 g/mol. The van der Waals surface area contributed by atoms with Gasteiger partial charge in [0.15, 0.2) is 0 Å². The number of phenols is 1. The number of hydrogen-bond acceptors (Lipinski definition) is 6. The summed E-state index contributed by atoms with van der Waals surface area (Å²) >= 11 is 1.97. The second-order valence-electron chi connectivity index (χ2n) is 5.52. The number of carboxylic acids is 2. The number of fused-ring (bicyclic) bond motifs is 1. The van der Waals surface area contributed by atoms with Crippen molar-refractivity contribution in [3.8, 4) is 5.75 Å². The minimum atomic E-state index is -1.66. The summed E-state index contributed by atoms with van der Waals surface area (Å²) in [6.45, 7) is 0. The summed E-state index contributed by atoms with van der Waals surface area (Å²) in [5, 5.41) is 29.9. The number of carboxylic acid groups (broad SMARTS) is 2. The highest BCUT2D eigenvalue weighted by Crippen LogP contribution is 2.55. The Bertz CT molecular complexity index is 873. The van der Waals surface area contributed by atoms with Crippen LogP contribution in [-0.4, -0.2) is 38.0 Å². The van der Waals surface area contributed by atoms with Crippen LogP contribution >= 0.6 is 23.1 Å². The SMILES string of the molecule is O=C(O)C[C@]1(C(=O)O)CSc2[nH]c(=O)sc2[C@@H]1c1ccccc1O. The Kier molecular flexibility index (Phi) is 4.14. The molecule has 3 rings (SSSR count). The van der Waals surface area contributed by atoms with Crippen molar-refractivity contribution in [3.05, 3.63) is 44.4 Å². The quantitative estimate of drug-likeness (QED) is 0.650. The van der Waals surface area contributed by atoms with E-state index in [4.69, 9.17) is 0 Å². The average molecular weight is 367 g/mol. The first kappa shape index (κ1) is 16.6. The molecule has 0 fully saturated rings.